The van der Waals surface area contributed by atoms with Crippen LogP contribution in [0.4, 0.5) is 0 Å². The van der Waals surface area contributed by atoms with Gasteiger partial charge in [-0.25, -0.2) is 4.57 Å². The molecule has 0 aromatic rings. The first-order valence-corrected chi connectivity index (χ1v) is 31.1. The van der Waals surface area contributed by atoms with Crippen molar-refractivity contribution in [1.29, 1.82) is 0 Å². The summed E-state index contributed by atoms with van der Waals surface area (Å²) >= 11 is 0. The van der Waals surface area contributed by atoms with Gasteiger partial charge < -0.3 is 20.1 Å². The van der Waals surface area contributed by atoms with Gasteiger partial charge in [-0.15, -0.1) is 0 Å². The molecule has 0 aliphatic carbocycles. The van der Waals surface area contributed by atoms with Gasteiger partial charge in [0.2, 0.25) is 0 Å². The number of carbonyl (C=O) groups excluding carboxylic acids is 2. The van der Waals surface area contributed by atoms with Crippen molar-refractivity contribution >= 4 is 19.8 Å². The maximum absolute atomic E-state index is 12.7. The Balaban J connectivity index is 3.85. The van der Waals surface area contributed by atoms with E-state index < -0.39 is 26.5 Å². The zero-order valence-corrected chi connectivity index (χ0v) is 46.7. The third kappa shape index (κ3) is 55.3. The lowest BCUT2D eigenvalue weighted by Gasteiger charge is -2.19. The van der Waals surface area contributed by atoms with Crippen LogP contribution in [-0.2, 0) is 32.7 Å². The fourth-order valence-electron chi connectivity index (χ4n) is 8.63. The lowest BCUT2D eigenvalue weighted by molar-refractivity contribution is -0.161. The number of ether oxygens (including phenoxy) is 2. The number of hydrogen-bond acceptors (Lipinski definition) is 8. The Morgan fingerprint density at radius 3 is 1.17 bits per heavy atom. The van der Waals surface area contributed by atoms with E-state index in [-0.39, 0.29) is 38.6 Å². The molecule has 0 bridgehead atoms. The molecule has 9 nitrogen and oxygen atoms in total. The molecule has 0 amide bonds. The summed E-state index contributed by atoms with van der Waals surface area (Å²) in [6.45, 7) is 3.68. The van der Waals surface area contributed by atoms with Crippen LogP contribution in [0.3, 0.4) is 0 Å². The number of phosphoric ester groups is 1. The summed E-state index contributed by atoms with van der Waals surface area (Å²) in [5.74, 6) is -0.811. The van der Waals surface area contributed by atoms with E-state index in [1.807, 2.05) is 0 Å². The number of carbonyl (C=O) groups is 2. The maximum atomic E-state index is 12.7. The molecule has 0 saturated carbocycles. The van der Waals surface area contributed by atoms with Crippen LogP contribution in [0.5, 0.6) is 0 Å². The van der Waals surface area contributed by atoms with E-state index in [4.69, 9.17) is 24.3 Å². The Labute approximate surface area is 432 Å². The summed E-state index contributed by atoms with van der Waals surface area (Å²) in [6, 6.07) is 0. The van der Waals surface area contributed by atoms with Crippen LogP contribution in [0.1, 0.15) is 290 Å². The molecular formula is C60H112NO8P. The third-order valence-corrected chi connectivity index (χ3v) is 14.0. The van der Waals surface area contributed by atoms with Gasteiger partial charge in [0.25, 0.3) is 0 Å². The quantitative estimate of drug-likeness (QED) is 0.0264. The Morgan fingerprint density at radius 1 is 0.443 bits per heavy atom. The number of hydrogen-bond donors (Lipinski definition) is 2. The lowest BCUT2D eigenvalue weighted by Crippen LogP contribution is -2.29. The van der Waals surface area contributed by atoms with Gasteiger partial charge in [-0.05, 0) is 51.4 Å². The molecule has 3 N–H and O–H groups in total. The Hall–Kier alpha value is -2.03. The normalized spacial score (nSPS) is 13.4. The monoisotopic (exact) mass is 1010 g/mol. The second kappa shape index (κ2) is 56.3. The fourth-order valence-corrected chi connectivity index (χ4v) is 9.40. The Kier molecular flexibility index (Phi) is 54.6. The zero-order valence-electron chi connectivity index (χ0n) is 45.8. The van der Waals surface area contributed by atoms with Gasteiger partial charge in [-0.1, -0.05) is 274 Å². The second-order valence-electron chi connectivity index (χ2n) is 19.8. The topological polar surface area (TPSA) is 134 Å². The summed E-state index contributed by atoms with van der Waals surface area (Å²) in [5, 5.41) is 0. The van der Waals surface area contributed by atoms with Gasteiger partial charge in [0.15, 0.2) is 6.10 Å². The average molecular weight is 1010 g/mol. The van der Waals surface area contributed by atoms with E-state index in [9.17, 15) is 19.0 Å². The van der Waals surface area contributed by atoms with E-state index in [0.29, 0.717) is 6.42 Å². The Bertz CT molecular complexity index is 1280. The first kappa shape index (κ1) is 68.0. The Morgan fingerprint density at radius 2 is 0.786 bits per heavy atom. The predicted molar refractivity (Wildman–Crippen MR) is 298 cm³/mol. The van der Waals surface area contributed by atoms with Crippen LogP contribution < -0.4 is 5.73 Å². The van der Waals surface area contributed by atoms with Gasteiger partial charge in [-0.3, -0.25) is 18.6 Å². The number of phosphoric acid groups is 1. The van der Waals surface area contributed by atoms with Gasteiger partial charge in [0.1, 0.15) is 6.61 Å². The van der Waals surface area contributed by atoms with Crippen molar-refractivity contribution in [2.45, 2.75) is 296 Å². The largest absolute Gasteiger partial charge is 0.472 e. The molecule has 70 heavy (non-hydrogen) atoms. The van der Waals surface area contributed by atoms with Crippen LogP contribution >= 0.6 is 7.82 Å². The van der Waals surface area contributed by atoms with Crippen LogP contribution in [0.25, 0.3) is 0 Å². The van der Waals surface area contributed by atoms with E-state index >= 15 is 0 Å². The number of unbranched alkanes of at least 4 members (excludes halogenated alkanes) is 35. The van der Waals surface area contributed by atoms with Crippen LogP contribution in [-0.4, -0.2) is 49.3 Å². The molecular weight excluding hydrogens is 894 g/mol. The maximum Gasteiger partial charge on any atom is 0.472 e. The summed E-state index contributed by atoms with van der Waals surface area (Å²) in [5.41, 5.74) is 5.38. The van der Waals surface area contributed by atoms with Gasteiger partial charge in [0.05, 0.1) is 13.2 Å². The van der Waals surface area contributed by atoms with Crippen LogP contribution in [0.15, 0.2) is 48.6 Å². The van der Waals surface area contributed by atoms with Crippen molar-refractivity contribution in [3.05, 3.63) is 48.6 Å². The number of rotatable bonds is 56. The molecule has 0 radical (unpaired) electrons. The third-order valence-electron chi connectivity index (χ3n) is 13.0. The molecule has 0 aliphatic rings. The fraction of sp³-hybridized carbons (Fsp3) is 0.833. The molecule has 0 aromatic heterocycles. The van der Waals surface area contributed by atoms with E-state index in [0.717, 1.165) is 57.8 Å². The molecule has 0 heterocycles. The predicted octanol–water partition coefficient (Wildman–Crippen LogP) is 18.6. The van der Waals surface area contributed by atoms with Crippen molar-refractivity contribution in [2.75, 3.05) is 26.4 Å². The first-order chi connectivity index (χ1) is 34.3. The molecule has 2 atom stereocenters. The highest BCUT2D eigenvalue weighted by atomic mass is 31.2. The minimum absolute atomic E-state index is 0.0556. The van der Waals surface area contributed by atoms with Crippen molar-refractivity contribution in [3.8, 4) is 0 Å². The second-order valence-corrected chi connectivity index (χ2v) is 21.3. The highest BCUT2D eigenvalue weighted by Gasteiger charge is 2.26. The average Bonchev–Trinajstić information content (AvgIpc) is 3.35. The lowest BCUT2D eigenvalue weighted by atomic mass is 10.0. The molecule has 410 valence electrons. The highest BCUT2D eigenvalue weighted by Crippen LogP contribution is 2.43. The van der Waals surface area contributed by atoms with E-state index in [2.05, 4.69) is 62.5 Å². The number of esters is 2. The molecule has 0 aliphatic heterocycles. The number of allylic oxidation sites excluding steroid dienone is 8. The zero-order chi connectivity index (χ0) is 51.0. The first-order valence-electron chi connectivity index (χ1n) is 29.6. The summed E-state index contributed by atoms with van der Waals surface area (Å²) < 4.78 is 33.0. The van der Waals surface area contributed by atoms with Gasteiger partial charge >= 0.3 is 19.8 Å². The van der Waals surface area contributed by atoms with Crippen molar-refractivity contribution < 1.29 is 37.6 Å². The van der Waals surface area contributed by atoms with Gasteiger partial charge in [0, 0.05) is 19.4 Å². The minimum atomic E-state index is -4.38. The molecule has 0 aromatic carbocycles. The highest BCUT2D eigenvalue weighted by molar-refractivity contribution is 7.47. The molecule has 0 saturated heterocycles. The summed E-state index contributed by atoms with van der Waals surface area (Å²) in [6.07, 6.45) is 68.9. The van der Waals surface area contributed by atoms with Crippen molar-refractivity contribution in [2.24, 2.45) is 5.73 Å². The molecule has 0 spiro atoms. The van der Waals surface area contributed by atoms with Crippen molar-refractivity contribution in [1.82, 2.24) is 0 Å². The molecule has 0 rings (SSSR count). The summed E-state index contributed by atoms with van der Waals surface area (Å²) in [4.78, 5) is 35.1. The van der Waals surface area contributed by atoms with E-state index in [1.54, 1.807) is 0 Å². The van der Waals surface area contributed by atoms with Gasteiger partial charge in [-0.2, -0.15) is 0 Å². The van der Waals surface area contributed by atoms with E-state index in [1.165, 1.54) is 199 Å². The van der Waals surface area contributed by atoms with Crippen LogP contribution in [0, 0.1) is 0 Å². The summed E-state index contributed by atoms with van der Waals surface area (Å²) in [7, 11) is -4.38. The standard InChI is InChI=1S/C60H112NO8P/c1-3-5-7-9-11-13-15-17-19-21-22-23-24-25-26-27-28-29-30-31-32-33-34-35-36-37-39-41-43-45-47-49-51-53-60(63)69-58(57-68-70(64,65)67-55-54-61)56-66-59(62)52-50-48-46-44-42-40-38-20-18-16-14-12-10-8-6-4-2/h5,7,11,13,17,19,22-23,58H,3-4,6,8-10,12,14-16,18,20-21,24-57,61H2,1-2H3,(H,64,65)/b7-5-,13-11-,19-17-,23-22-. The smallest absolute Gasteiger partial charge is 0.462 e. The minimum Gasteiger partial charge on any atom is -0.462 e. The van der Waals surface area contributed by atoms with Crippen molar-refractivity contribution in [3.63, 3.8) is 0 Å². The van der Waals surface area contributed by atoms with Crippen LogP contribution in [0.2, 0.25) is 0 Å². The molecule has 2 unspecified atom stereocenters. The number of nitrogens with two attached hydrogens (primary N) is 1. The molecule has 0 fully saturated rings. The SMILES string of the molecule is CC/C=C\C/C=C\C/C=C\C/C=C\CCCCCCCCCCCCCCCCCCCCCCC(=O)OC(COC(=O)CCCCCCCCCCCCCCCCCC)COP(=O)(O)OCCN. The molecule has 10 heteroatoms.